The van der Waals surface area contributed by atoms with E-state index in [1.807, 2.05) is 0 Å². The summed E-state index contributed by atoms with van der Waals surface area (Å²) in [6.45, 7) is 1.09. The molecular weight excluding hydrogens is 304 g/mol. The molecule has 2 saturated heterocycles. The van der Waals surface area contributed by atoms with E-state index in [2.05, 4.69) is 0 Å². The maximum Gasteiger partial charge on any atom is 0.186 e. The Bertz CT molecular complexity index is 334. The molecule has 0 aromatic carbocycles. The number of ether oxygens (including phenoxy) is 3. The largest absolute Gasteiger partial charge is 0.388 e. The highest BCUT2D eigenvalue weighted by Crippen LogP contribution is 2.24. The normalized spacial score (nSPS) is 53.5. The van der Waals surface area contributed by atoms with Crippen molar-refractivity contribution in [1.29, 1.82) is 0 Å². The molecule has 0 aromatic heterocycles. The minimum absolute atomic E-state index is 0.390. The molecule has 2 heterocycles. The van der Waals surface area contributed by atoms with Gasteiger partial charge in [-0.2, -0.15) is 0 Å². The summed E-state index contributed by atoms with van der Waals surface area (Å²) < 4.78 is 15.3. The molecule has 2 aliphatic heterocycles. The molecule has 0 spiro atoms. The van der Waals surface area contributed by atoms with Crippen molar-refractivity contribution in [2.24, 2.45) is 0 Å². The summed E-state index contributed by atoms with van der Waals surface area (Å²) in [7, 11) is 0. The van der Waals surface area contributed by atoms with E-state index in [9.17, 15) is 35.7 Å². The molecule has 22 heavy (non-hydrogen) atoms. The van der Waals surface area contributed by atoms with Crippen molar-refractivity contribution in [2.45, 2.75) is 68.3 Å². The van der Waals surface area contributed by atoms with Crippen LogP contribution in [0, 0.1) is 0 Å². The monoisotopic (exact) mass is 326 g/mol. The lowest BCUT2D eigenvalue weighted by Gasteiger charge is -2.41. The van der Waals surface area contributed by atoms with Crippen molar-refractivity contribution in [3.05, 3.63) is 0 Å². The van der Waals surface area contributed by atoms with Crippen molar-refractivity contribution < 1.29 is 50.0 Å². The number of hydrogen-bond donors (Lipinski definition) is 7. The second-order valence-electron chi connectivity index (χ2n) is 5.55. The molecule has 0 unspecified atom stereocenters. The maximum absolute atomic E-state index is 9.76. The van der Waals surface area contributed by atoms with Gasteiger partial charge in [-0.3, -0.25) is 0 Å². The first-order valence-corrected chi connectivity index (χ1v) is 6.93. The average Bonchev–Trinajstić information content (AvgIpc) is 2.49. The van der Waals surface area contributed by atoms with Crippen LogP contribution in [0.3, 0.4) is 0 Å². The molecule has 2 aliphatic rings. The zero-order valence-corrected chi connectivity index (χ0v) is 11.8. The van der Waals surface area contributed by atoms with Crippen LogP contribution >= 0.6 is 0 Å². The van der Waals surface area contributed by atoms with Crippen molar-refractivity contribution in [1.82, 2.24) is 0 Å². The molecule has 130 valence electrons. The van der Waals surface area contributed by atoms with Crippen molar-refractivity contribution in [2.75, 3.05) is 6.61 Å². The van der Waals surface area contributed by atoms with Gasteiger partial charge in [0.25, 0.3) is 0 Å². The van der Waals surface area contributed by atoms with Crippen LogP contribution in [-0.2, 0) is 14.2 Å². The summed E-state index contributed by atoms with van der Waals surface area (Å²) in [4.78, 5) is 0. The number of aliphatic hydroxyl groups excluding tert-OH is 7. The van der Waals surface area contributed by atoms with Gasteiger partial charge in [-0.1, -0.05) is 0 Å². The zero-order valence-electron chi connectivity index (χ0n) is 11.8. The Hall–Kier alpha value is -0.400. The first-order chi connectivity index (χ1) is 10.2. The van der Waals surface area contributed by atoms with Gasteiger partial charge in [0.2, 0.25) is 0 Å². The Kier molecular flexibility index (Phi) is 5.72. The van der Waals surface area contributed by atoms with Crippen molar-refractivity contribution in [3.8, 4) is 0 Å². The number of aliphatic hydroxyl groups is 7. The van der Waals surface area contributed by atoms with Gasteiger partial charge in [0.1, 0.15) is 42.7 Å². The second-order valence-corrected chi connectivity index (χ2v) is 5.55. The fourth-order valence-electron chi connectivity index (χ4n) is 2.41. The van der Waals surface area contributed by atoms with E-state index in [4.69, 9.17) is 14.2 Å². The van der Waals surface area contributed by atoms with Gasteiger partial charge in [-0.05, 0) is 6.92 Å². The molecular formula is C12H22O10. The molecule has 0 saturated carbocycles. The van der Waals surface area contributed by atoms with E-state index in [0.29, 0.717) is 0 Å². The topological polar surface area (TPSA) is 169 Å². The van der Waals surface area contributed by atoms with Crippen LogP contribution in [0.15, 0.2) is 0 Å². The van der Waals surface area contributed by atoms with Gasteiger partial charge in [-0.25, -0.2) is 0 Å². The highest BCUT2D eigenvalue weighted by molar-refractivity contribution is 4.90. The van der Waals surface area contributed by atoms with Crippen LogP contribution < -0.4 is 0 Å². The summed E-state index contributed by atoms with van der Waals surface area (Å²) in [5.74, 6) is 0. The molecule has 0 bridgehead atoms. The van der Waals surface area contributed by atoms with Crippen molar-refractivity contribution >= 4 is 0 Å². The van der Waals surface area contributed by atoms with Crippen LogP contribution in [-0.4, -0.2) is 104 Å². The fraction of sp³-hybridized carbons (Fsp3) is 1.00. The Morgan fingerprint density at radius 3 is 1.95 bits per heavy atom. The molecule has 0 amide bonds. The predicted molar refractivity (Wildman–Crippen MR) is 67.2 cm³/mol. The highest BCUT2D eigenvalue weighted by atomic mass is 16.7. The molecule has 0 aliphatic carbocycles. The Balaban J connectivity index is 1.92. The van der Waals surface area contributed by atoms with Crippen LogP contribution in [0.5, 0.6) is 0 Å². The van der Waals surface area contributed by atoms with E-state index in [0.717, 1.165) is 0 Å². The first-order valence-electron chi connectivity index (χ1n) is 6.93. The van der Waals surface area contributed by atoms with Crippen LogP contribution in [0.4, 0.5) is 0 Å². The lowest BCUT2D eigenvalue weighted by molar-refractivity contribution is -0.322. The van der Waals surface area contributed by atoms with Gasteiger partial charge in [-0.15, -0.1) is 0 Å². The number of hydrogen-bond acceptors (Lipinski definition) is 10. The van der Waals surface area contributed by atoms with Gasteiger partial charge < -0.3 is 50.0 Å². The van der Waals surface area contributed by atoms with E-state index >= 15 is 0 Å². The average molecular weight is 326 g/mol. The molecule has 0 aromatic rings. The minimum Gasteiger partial charge on any atom is -0.388 e. The van der Waals surface area contributed by atoms with E-state index in [-0.39, 0.29) is 6.61 Å². The minimum atomic E-state index is -1.70. The molecule has 10 nitrogen and oxygen atoms in total. The third-order valence-electron chi connectivity index (χ3n) is 3.92. The Morgan fingerprint density at radius 1 is 0.727 bits per heavy atom. The SMILES string of the molecule is C[C@H]1O[C@@H](OC[C@H]2O[C@@H](O)[C@H](O)[C@@H](O)[C@H]2O)[C@H](O)[C@@H](O)[C@H]1O. The lowest BCUT2D eigenvalue weighted by Crippen LogP contribution is -2.60. The van der Waals surface area contributed by atoms with Gasteiger partial charge in [0.15, 0.2) is 12.6 Å². The van der Waals surface area contributed by atoms with Gasteiger partial charge in [0.05, 0.1) is 12.7 Å². The smallest absolute Gasteiger partial charge is 0.186 e. The van der Waals surface area contributed by atoms with E-state index in [1.54, 1.807) is 0 Å². The van der Waals surface area contributed by atoms with Gasteiger partial charge in [0, 0.05) is 0 Å². The van der Waals surface area contributed by atoms with E-state index < -0.39 is 61.4 Å². The fourth-order valence-corrected chi connectivity index (χ4v) is 2.41. The Labute approximate surface area is 126 Å². The quantitative estimate of drug-likeness (QED) is 0.269. The third-order valence-corrected chi connectivity index (χ3v) is 3.92. The summed E-state index contributed by atoms with van der Waals surface area (Å²) in [6, 6.07) is 0. The van der Waals surface area contributed by atoms with Crippen LogP contribution in [0.25, 0.3) is 0 Å². The predicted octanol–water partition coefficient (Wildman–Crippen LogP) is -4.37. The highest BCUT2D eigenvalue weighted by Gasteiger charge is 2.45. The third kappa shape index (κ3) is 3.41. The molecule has 10 atom stereocenters. The first kappa shape index (κ1) is 17.9. The summed E-state index contributed by atoms with van der Waals surface area (Å²) in [5, 5.41) is 67.0. The maximum atomic E-state index is 9.76. The van der Waals surface area contributed by atoms with Crippen LogP contribution in [0.2, 0.25) is 0 Å². The standard InChI is InChI=1S/C12H22O10/c1-3-5(13)7(15)10(18)12(21-3)20-2-4-6(14)8(16)9(17)11(19)22-4/h3-19H,2H2,1H3/t3-,4-,5+,6+,7+,8+,9-,10-,11-,12-/m1/s1. The zero-order chi connectivity index (χ0) is 16.6. The summed E-state index contributed by atoms with van der Waals surface area (Å²) >= 11 is 0. The van der Waals surface area contributed by atoms with Crippen LogP contribution in [0.1, 0.15) is 6.92 Å². The van der Waals surface area contributed by atoms with Crippen molar-refractivity contribution in [3.63, 3.8) is 0 Å². The summed E-state index contributed by atoms with van der Waals surface area (Å²) in [6.07, 6.45) is -14.0. The van der Waals surface area contributed by atoms with E-state index in [1.165, 1.54) is 6.92 Å². The molecule has 10 heteroatoms. The van der Waals surface area contributed by atoms with Gasteiger partial charge >= 0.3 is 0 Å². The molecule has 7 N–H and O–H groups in total. The Morgan fingerprint density at radius 2 is 1.32 bits per heavy atom. The second kappa shape index (κ2) is 7.01. The molecule has 0 radical (unpaired) electrons. The number of rotatable bonds is 3. The molecule has 2 rings (SSSR count). The summed E-state index contributed by atoms with van der Waals surface area (Å²) in [5.41, 5.74) is 0. The lowest BCUT2D eigenvalue weighted by atomic mass is 9.99. The molecule has 2 fully saturated rings.